The molecule has 0 spiro atoms. The van der Waals surface area contributed by atoms with Crippen molar-refractivity contribution in [2.45, 2.75) is 25.7 Å². The second kappa shape index (κ2) is 8.11. The summed E-state index contributed by atoms with van der Waals surface area (Å²) in [7, 11) is 0. The maximum Gasteiger partial charge on any atom is 0.337 e. The predicted molar refractivity (Wildman–Crippen MR) is 75.1 cm³/mol. The summed E-state index contributed by atoms with van der Waals surface area (Å²) in [5.41, 5.74) is 0.924. The Morgan fingerprint density at radius 3 is 2.61 bits per heavy atom. The summed E-state index contributed by atoms with van der Waals surface area (Å²) in [4.78, 5) is 11.1. The molecule has 0 radical (unpaired) electrons. The van der Waals surface area contributed by atoms with Gasteiger partial charge in [-0.05, 0) is 31.0 Å². The Kier molecular flexibility index (Phi) is 6.75. The van der Waals surface area contributed by atoms with Crippen LogP contribution in [0.3, 0.4) is 0 Å². The van der Waals surface area contributed by atoms with Gasteiger partial charge in [-0.25, -0.2) is 4.79 Å². The van der Waals surface area contributed by atoms with E-state index in [1.54, 1.807) is 12.1 Å². The van der Waals surface area contributed by atoms with E-state index in [0.717, 1.165) is 36.7 Å². The number of anilines is 1. The molecule has 0 aliphatic rings. The normalized spacial score (nSPS) is 10.3. The molecule has 0 fully saturated rings. The Morgan fingerprint density at radius 2 is 1.94 bits per heavy atom. The lowest BCUT2D eigenvalue weighted by Gasteiger charge is -2.09. The number of halogens is 1. The number of carbonyl (C=O) groups is 1. The molecule has 1 aromatic rings. The minimum Gasteiger partial charge on any atom is -0.478 e. The van der Waals surface area contributed by atoms with Crippen LogP contribution in [0.1, 0.15) is 36.0 Å². The third kappa shape index (κ3) is 5.06. The molecular formula is C13H18BrNO3. The first-order chi connectivity index (χ1) is 8.65. The fraction of sp³-hybridized carbons (Fsp3) is 0.462. The first-order valence-electron chi connectivity index (χ1n) is 6.02. The first kappa shape index (κ1) is 15.0. The van der Waals surface area contributed by atoms with E-state index in [9.17, 15) is 4.79 Å². The maximum atomic E-state index is 11.1. The molecule has 0 bridgehead atoms. The zero-order valence-electron chi connectivity index (χ0n) is 10.2. The van der Waals surface area contributed by atoms with Gasteiger partial charge in [0, 0.05) is 23.3 Å². The summed E-state index contributed by atoms with van der Waals surface area (Å²) < 4.78 is 0.758. The minimum absolute atomic E-state index is 0.239. The zero-order valence-corrected chi connectivity index (χ0v) is 11.7. The van der Waals surface area contributed by atoms with Crippen molar-refractivity contribution in [2.75, 3.05) is 18.5 Å². The van der Waals surface area contributed by atoms with E-state index >= 15 is 0 Å². The largest absolute Gasteiger partial charge is 0.478 e. The number of rotatable bonds is 8. The quantitative estimate of drug-likeness (QED) is 0.645. The van der Waals surface area contributed by atoms with E-state index in [2.05, 4.69) is 21.2 Å². The number of benzene rings is 1. The molecule has 0 aromatic heterocycles. The molecule has 5 heteroatoms. The summed E-state index contributed by atoms with van der Waals surface area (Å²) in [5, 5.41) is 20.8. The first-order valence-corrected chi connectivity index (χ1v) is 6.82. The molecule has 0 saturated carbocycles. The van der Waals surface area contributed by atoms with E-state index in [-0.39, 0.29) is 12.2 Å². The fourth-order valence-electron chi connectivity index (χ4n) is 1.66. The van der Waals surface area contributed by atoms with Crippen molar-refractivity contribution in [3.63, 3.8) is 0 Å². The molecule has 0 heterocycles. The van der Waals surface area contributed by atoms with Crippen molar-refractivity contribution in [1.29, 1.82) is 0 Å². The van der Waals surface area contributed by atoms with Gasteiger partial charge in [0.25, 0.3) is 0 Å². The Morgan fingerprint density at radius 1 is 1.22 bits per heavy atom. The molecule has 18 heavy (non-hydrogen) atoms. The highest BCUT2D eigenvalue weighted by Gasteiger charge is 2.09. The maximum absolute atomic E-state index is 11.1. The number of aliphatic hydroxyl groups is 1. The highest BCUT2D eigenvalue weighted by Crippen LogP contribution is 2.21. The minimum atomic E-state index is -0.931. The van der Waals surface area contributed by atoms with Gasteiger partial charge < -0.3 is 15.5 Å². The van der Waals surface area contributed by atoms with Gasteiger partial charge in [-0.1, -0.05) is 28.8 Å². The van der Waals surface area contributed by atoms with Crippen LogP contribution in [0.25, 0.3) is 0 Å². The molecule has 100 valence electrons. The van der Waals surface area contributed by atoms with Crippen molar-refractivity contribution in [3.05, 3.63) is 28.2 Å². The van der Waals surface area contributed by atoms with Gasteiger partial charge in [0.05, 0.1) is 5.56 Å². The van der Waals surface area contributed by atoms with E-state index in [1.165, 1.54) is 0 Å². The molecule has 0 unspecified atom stereocenters. The van der Waals surface area contributed by atoms with Crippen LogP contribution in [0.2, 0.25) is 0 Å². The van der Waals surface area contributed by atoms with Gasteiger partial charge in [0.2, 0.25) is 0 Å². The molecule has 4 nitrogen and oxygen atoms in total. The third-order valence-electron chi connectivity index (χ3n) is 2.61. The summed E-state index contributed by atoms with van der Waals surface area (Å²) in [5.74, 6) is -0.931. The van der Waals surface area contributed by atoms with Gasteiger partial charge in [0.15, 0.2) is 0 Å². The van der Waals surface area contributed by atoms with E-state index in [0.29, 0.717) is 5.69 Å². The average molecular weight is 316 g/mol. The van der Waals surface area contributed by atoms with Crippen LogP contribution >= 0.6 is 15.9 Å². The summed E-state index contributed by atoms with van der Waals surface area (Å²) in [6.45, 7) is 0.983. The zero-order chi connectivity index (χ0) is 13.4. The SMILES string of the molecule is O=C(O)c1cc(Br)ccc1NCCCCCCO. The molecule has 0 amide bonds. The average Bonchev–Trinajstić information content (AvgIpc) is 2.35. The topological polar surface area (TPSA) is 69.6 Å². The van der Waals surface area contributed by atoms with Gasteiger partial charge >= 0.3 is 5.97 Å². The lowest BCUT2D eigenvalue weighted by atomic mass is 10.1. The van der Waals surface area contributed by atoms with E-state index in [1.807, 2.05) is 6.07 Å². The standard InChI is InChI=1S/C13H18BrNO3/c14-10-5-6-12(11(9-10)13(17)18)15-7-3-1-2-4-8-16/h5-6,9,15-16H,1-4,7-8H2,(H,17,18). The van der Waals surface area contributed by atoms with Crippen molar-refractivity contribution in [3.8, 4) is 0 Å². The van der Waals surface area contributed by atoms with Crippen LogP contribution in [0.4, 0.5) is 5.69 Å². The Labute approximate surface area is 115 Å². The monoisotopic (exact) mass is 315 g/mol. The number of nitrogens with one attached hydrogen (secondary N) is 1. The van der Waals surface area contributed by atoms with Crippen molar-refractivity contribution < 1.29 is 15.0 Å². The van der Waals surface area contributed by atoms with Crippen LogP contribution in [-0.4, -0.2) is 29.3 Å². The molecule has 0 aliphatic carbocycles. The van der Waals surface area contributed by atoms with Crippen molar-refractivity contribution in [1.82, 2.24) is 0 Å². The number of carboxylic acid groups (broad SMARTS) is 1. The Balaban J connectivity index is 2.44. The highest BCUT2D eigenvalue weighted by molar-refractivity contribution is 9.10. The van der Waals surface area contributed by atoms with Crippen LogP contribution in [0.5, 0.6) is 0 Å². The molecule has 0 aliphatic heterocycles. The van der Waals surface area contributed by atoms with Crippen LogP contribution in [0.15, 0.2) is 22.7 Å². The summed E-state index contributed by atoms with van der Waals surface area (Å²) in [6, 6.07) is 5.18. The predicted octanol–water partition coefficient (Wildman–Crippen LogP) is 3.11. The lowest BCUT2D eigenvalue weighted by Crippen LogP contribution is -2.07. The number of unbranched alkanes of at least 4 members (excludes halogenated alkanes) is 3. The van der Waals surface area contributed by atoms with Crippen LogP contribution in [-0.2, 0) is 0 Å². The van der Waals surface area contributed by atoms with Gasteiger partial charge in [0.1, 0.15) is 0 Å². The van der Waals surface area contributed by atoms with Crippen molar-refractivity contribution >= 4 is 27.6 Å². The number of hydrogen-bond acceptors (Lipinski definition) is 3. The van der Waals surface area contributed by atoms with Gasteiger partial charge in [-0.2, -0.15) is 0 Å². The molecule has 0 saturated heterocycles. The van der Waals surface area contributed by atoms with Crippen molar-refractivity contribution in [2.24, 2.45) is 0 Å². The molecule has 3 N–H and O–H groups in total. The van der Waals surface area contributed by atoms with E-state index < -0.39 is 5.97 Å². The number of carboxylic acids is 1. The van der Waals surface area contributed by atoms with Crippen LogP contribution in [0, 0.1) is 0 Å². The second-order valence-electron chi connectivity index (χ2n) is 4.06. The van der Waals surface area contributed by atoms with E-state index in [4.69, 9.17) is 10.2 Å². The number of aliphatic hydroxyl groups excluding tert-OH is 1. The second-order valence-corrected chi connectivity index (χ2v) is 4.98. The molecular weight excluding hydrogens is 298 g/mol. The lowest BCUT2D eigenvalue weighted by molar-refractivity contribution is 0.0698. The smallest absolute Gasteiger partial charge is 0.337 e. The van der Waals surface area contributed by atoms with Gasteiger partial charge in [-0.3, -0.25) is 0 Å². The Bertz CT molecular complexity index is 396. The summed E-state index contributed by atoms with van der Waals surface area (Å²) in [6.07, 6.45) is 3.84. The summed E-state index contributed by atoms with van der Waals surface area (Å²) >= 11 is 3.26. The number of aromatic carboxylic acids is 1. The van der Waals surface area contributed by atoms with Gasteiger partial charge in [-0.15, -0.1) is 0 Å². The Hall–Kier alpha value is -1.07. The highest BCUT2D eigenvalue weighted by atomic mass is 79.9. The fourth-order valence-corrected chi connectivity index (χ4v) is 2.02. The third-order valence-corrected chi connectivity index (χ3v) is 3.11. The molecule has 1 rings (SSSR count). The van der Waals surface area contributed by atoms with Crippen LogP contribution < -0.4 is 5.32 Å². The molecule has 1 aromatic carbocycles. The number of hydrogen-bond donors (Lipinski definition) is 3. The molecule has 0 atom stereocenters.